The summed E-state index contributed by atoms with van der Waals surface area (Å²) in [5, 5.41) is 21.6. The summed E-state index contributed by atoms with van der Waals surface area (Å²) in [6.45, 7) is 2.77. The van der Waals surface area contributed by atoms with Crippen molar-refractivity contribution in [1.29, 1.82) is 0 Å². The van der Waals surface area contributed by atoms with Gasteiger partial charge in [0.25, 0.3) is 5.91 Å². The first-order chi connectivity index (χ1) is 8.40. The Balaban J connectivity index is 2.62. The second-order valence-corrected chi connectivity index (χ2v) is 4.67. The Morgan fingerprint density at radius 3 is 2.67 bits per heavy atom. The lowest BCUT2D eigenvalue weighted by atomic mass is 10.1. The molecule has 0 aliphatic rings. The van der Waals surface area contributed by atoms with Crippen molar-refractivity contribution in [1.82, 2.24) is 10.2 Å². The summed E-state index contributed by atoms with van der Waals surface area (Å²) in [7, 11) is 3.94. The molecule has 0 aliphatic carbocycles. The maximum atomic E-state index is 11.9. The number of nitrogens with one attached hydrogen (secondary N) is 1. The highest BCUT2D eigenvalue weighted by Crippen LogP contribution is 2.21. The first kappa shape index (κ1) is 14.3. The molecule has 3 N–H and O–H groups in total. The van der Waals surface area contributed by atoms with Crippen LogP contribution >= 0.6 is 0 Å². The van der Waals surface area contributed by atoms with Crippen LogP contribution in [0.5, 0.6) is 11.5 Å². The topological polar surface area (TPSA) is 72.8 Å². The number of amides is 1. The molecule has 1 unspecified atom stereocenters. The molecule has 1 amide bonds. The number of phenolic OH excluding ortho intramolecular Hbond substituents is 2. The van der Waals surface area contributed by atoms with Crippen LogP contribution in [0.1, 0.15) is 23.7 Å². The molecule has 0 aromatic heterocycles. The predicted octanol–water partition coefficient (Wildman–Crippen LogP) is 1.17. The van der Waals surface area contributed by atoms with Gasteiger partial charge in [0.05, 0.1) is 5.56 Å². The highest BCUT2D eigenvalue weighted by Gasteiger charge is 2.14. The molecular formula is C13H20N2O3. The van der Waals surface area contributed by atoms with Crippen LogP contribution in [0.4, 0.5) is 0 Å². The van der Waals surface area contributed by atoms with Crippen molar-refractivity contribution in [2.24, 2.45) is 0 Å². The zero-order valence-corrected chi connectivity index (χ0v) is 11.0. The van der Waals surface area contributed by atoms with E-state index in [1.807, 2.05) is 25.9 Å². The molecular weight excluding hydrogens is 232 g/mol. The number of hydrogen-bond donors (Lipinski definition) is 3. The number of carbonyl (C=O) groups is 1. The molecule has 0 saturated heterocycles. The Bertz CT molecular complexity index is 419. The van der Waals surface area contributed by atoms with Crippen LogP contribution in [-0.4, -0.2) is 47.7 Å². The van der Waals surface area contributed by atoms with Crippen LogP contribution in [0.15, 0.2) is 18.2 Å². The molecule has 0 bridgehead atoms. The van der Waals surface area contributed by atoms with E-state index in [0.717, 1.165) is 13.0 Å². The fourth-order valence-corrected chi connectivity index (χ4v) is 1.53. The first-order valence-corrected chi connectivity index (χ1v) is 5.87. The summed E-state index contributed by atoms with van der Waals surface area (Å²) < 4.78 is 0. The fraction of sp³-hybridized carbons (Fsp3) is 0.462. The lowest BCUT2D eigenvalue weighted by Gasteiger charge is -2.17. The van der Waals surface area contributed by atoms with E-state index in [2.05, 4.69) is 5.32 Å². The molecule has 5 heteroatoms. The molecule has 5 nitrogen and oxygen atoms in total. The van der Waals surface area contributed by atoms with Gasteiger partial charge in [0.1, 0.15) is 11.5 Å². The van der Waals surface area contributed by atoms with E-state index in [1.165, 1.54) is 18.2 Å². The number of phenols is 2. The Labute approximate surface area is 107 Å². The second kappa shape index (κ2) is 6.26. The Kier molecular flexibility index (Phi) is 4.97. The maximum Gasteiger partial charge on any atom is 0.255 e. The zero-order valence-electron chi connectivity index (χ0n) is 11.0. The Morgan fingerprint density at radius 2 is 2.06 bits per heavy atom. The minimum Gasteiger partial charge on any atom is -0.508 e. The Morgan fingerprint density at radius 1 is 1.39 bits per heavy atom. The van der Waals surface area contributed by atoms with E-state index in [4.69, 9.17) is 0 Å². The summed E-state index contributed by atoms with van der Waals surface area (Å²) in [6.07, 6.45) is 0.818. The maximum absolute atomic E-state index is 11.9. The molecule has 1 atom stereocenters. The standard InChI is InChI=1S/C13H20N2O3/c1-9(6-7-15(2)3)14-13(18)11-8-10(16)4-5-12(11)17/h4-5,8-9,16-17H,6-7H2,1-3H3,(H,14,18). The number of carbonyl (C=O) groups excluding carboxylic acids is 1. The van der Waals surface area contributed by atoms with Gasteiger partial charge in [-0.2, -0.15) is 0 Å². The summed E-state index contributed by atoms with van der Waals surface area (Å²) >= 11 is 0. The van der Waals surface area contributed by atoms with Crippen LogP contribution in [0.25, 0.3) is 0 Å². The van der Waals surface area contributed by atoms with Gasteiger partial charge in [0, 0.05) is 6.04 Å². The molecule has 100 valence electrons. The third kappa shape index (κ3) is 4.25. The van der Waals surface area contributed by atoms with Crippen LogP contribution in [-0.2, 0) is 0 Å². The van der Waals surface area contributed by atoms with E-state index in [-0.39, 0.29) is 29.0 Å². The SMILES string of the molecule is CC(CCN(C)C)NC(=O)c1cc(O)ccc1O. The van der Waals surface area contributed by atoms with E-state index in [9.17, 15) is 15.0 Å². The molecule has 0 spiro atoms. The van der Waals surface area contributed by atoms with Crippen LogP contribution in [0, 0.1) is 0 Å². The van der Waals surface area contributed by atoms with Gasteiger partial charge in [-0.15, -0.1) is 0 Å². The molecule has 1 aromatic rings. The number of rotatable bonds is 5. The van der Waals surface area contributed by atoms with Gasteiger partial charge in [-0.1, -0.05) is 0 Å². The molecule has 0 heterocycles. The Hall–Kier alpha value is -1.75. The van der Waals surface area contributed by atoms with Gasteiger partial charge < -0.3 is 20.4 Å². The van der Waals surface area contributed by atoms with Crippen molar-refractivity contribution in [3.63, 3.8) is 0 Å². The molecule has 1 aromatic carbocycles. The van der Waals surface area contributed by atoms with E-state index in [1.54, 1.807) is 0 Å². The zero-order chi connectivity index (χ0) is 13.7. The fourth-order valence-electron chi connectivity index (χ4n) is 1.53. The van der Waals surface area contributed by atoms with E-state index in [0.29, 0.717) is 0 Å². The quantitative estimate of drug-likeness (QED) is 0.688. The average Bonchev–Trinajstić information content (AvgIpc) is 2.29. The lowest BCUT2D eigenvalue weighted by molar-refractivity contribution is 0.0933. The van der Waals surface area contributed by atoms with Crippen molar-refractivity contribution in [3.8, 4) is 11.5 Å². The van der Waals surface area contributed by atoms with Crippen molar-refractivity contribution in [3.05, 3.63) is 23.8 Å². The number of hydrogen-bond acceptors (Lipinski definition) is 4. The van der Waals surface area contributed by atoms with Crippen molar-refractivity contribution >= 4 is 5.91 Å². The predicted molar refractivity (Wildman–Crippen MR) is 69.9 cm³/mol. The summed E-state index contributed by atoms with van der Waals surface area (Å²) in [5.41, 5.74) is 0.0895. The van der Waals surface area contributed by atoms with Crippen LogP contribution < -0.4 is 5.32 Å². The third-order valence-corrected chi connectivity index (χ3v) is 2.61. The molecule has 0 aliphatic heterocycles. The molecule has 0 fully saturated rings. The van der Waals surface area contributed by atoms with Gasteiger partial charge in [0.2, 0.25) is 0 Å². The summed E-state index contributed by atoms with van der Waals surface area (Å²) in [6, 6.07) is 3.89. The lowest BCUT2D eigenvalue weighted by Crippen LogP contribution is -2.34. The van der Waals surface area contributed by atoms with Gasteiger partial charge in [-0.25, -0.2) is 0 Å². The van der Waals surface area contributed by atoms with E-state index >= 15 is 0 Å². The van der Waals surface area contributed by atoms with Gasteiger partial charge in [-0.3, -0.25) is 4.79 Å². The second-order valence-electron chi connectivity index (χ2n) is 4.67. The minimum absolute atomic E-state index is 0.00153. The highest BCUT2D eigenvalue weighted by atomic mass is 16.3. The highest BCUT2D eigenvalue weighted by molar-refractivity contribution is 5.97. The molecule has 0 radical (unpaired) electrons. The van der Waals surface area contributed by atoms with Crippen molar-refractivity contribution in [2.75, 3.05) is 20.6 Å². The summed E-state index contributed by atoms with van der Waals surface area (Å²) in [4.78, 5) is 13.9. The summed E-state index contributed by atoms with van der Waals surface area (Å²) in [5.74, 6) is -0.557. The van der Waals surface area contributed by atoms with Crippen LogP contribution in [0.3, 0.4) is 0 Å². The average molecular weight is 252 g/mol. The number of nitrogens with zero attached hydrogens (tertiary/aromatic N) is 1. The monoisotopic (exact) mass is 252 g/mol. The third-order valence-electron chi connectivity index (χ3n) is 2.61. The van der Waals surface area contributed by atoms with Gasteiger partial charge in [-0.05, 0) is 52.2 Å². The molecule has 18 heavy (non-hydrogen) atoms. The van der Waals surface area contributed by atoms with Crippen molar-refractivity contribution < 1.29 is 15.0 Å². The largest absolute Gasteiger partial charge is 0.508 e. The van der Waals surface area contributed by atoms with Gasteiger partial charge in [0.15, 0.2) is 0 Å². The molecule has 0 saturated carbocycles. The normalized spacial score (nSPS) is 12.4. The number of benzene rings is 1. The number of aromatic hydroxyl groups is 2. The van der Waals surface area contributed by atoms with E-state index < -0.39 is 0 Å². The van der Waals surface area contributed by atoms with Gasteiger partial charge >= 0.3 is 0 Å². The van der Waals surface area contributed by atoms with Crippen LogP contribution in [0.2, 0.25) is 0 Å². The first-order valence-electron chi connectivity index (χ1n) is 5.87. The molecule has 1 rings (SSSR count). The smallest absolute Gasteiger partial charge is 0.255 e. The van der Waals surface area contributed by atoms with Crippen molar-refractivity contribution in [2.45, 2.75) is 19.4 Å². The minimum atomic E-state index is -0.380.